The lowest BCUT2D eigenvalue weighted by Gasteiger charge is -2.25. The van der Waals surface area contributed by atoms with Crippen molar-refractivity contribution in [1.29, 1.82) is 0 Å². The smallest absolute Gasteiger partial charge is 0.408 e. The third-order valence-electron chi connectivity index (χ3n) is 3.82. The second-order valence-electron chi connectivity index (χ2n) is 7.30. The highest BCUT2D eigenvalue weighted by Crippen LogP contribution is 2.25. The zero-order valence-corrected chi connectivity index (χ0v) is 16.0. The van der Waals surface area contributed by atoms with Gasteiger partial charge in [-0.3, -0.25) is 0 Å². The summed E-state index contributed by atoms with van der Waals surface area (Å²) < 4.78 is 23.8. The third-order valence-corrected chi connectivity index (χ3v) is 3.82. The van der Waals surface area contributed by atoms with Crippen LogP contribution in [0.25, 0.3) is 0 Å². The van der Waals surface area contributed by atoms with Crippen LogP contribution in [0, 0.1) is 12.7 Å². The van der Waals surface area contributed by atoms with E-state index in [2.05, 4.69) is 5.32 Å². The van der Waals surface area contributed by atoms with Crippen molar-refractivity contribution >= 4 is 12.1 Å². The molecular weight excluding hydrogens is 325 g/mol. The number of rotatable bonds is 5. The topological polar surface area (TPSA) is 64.6 Å². The summed E-state index contributed by atoms with van der Waals surface area (Å²) in [6.07, 6.45) is -1.11. The predicted molar refractivity (Wildman–Crippen MR) is 93.9 cm³/mol. The maximum absolute atomic E-state index is 13.2. The van der Waals surface area contributed by atoms with Crippen LogP contribution in [0.2, 0.25) is 0 Å². The van der Waals surface area contributed by atoms with Crippen molar-refractivity contribution in [3.63, 3.8) is 0 Å². The Morgan fingerprint density at radius 2 is 1.76 bits per heavy atom. The molecule has 0 heterocycles. The Hall–Kier alpha value is -2.11. The Bertz CT molecular complexity index is 624. The molecule has 0 spiro atoms. The number of carbonyl (C=O) groups is 2. The molecule has 3 atom stereocenters. The van der Waals surface area contributed by atoms with Gasteiger partial charge in [-0.15, -0.1) is 0 Å². The van der Waals surface area contributed by atoms with Gasteiger partial charge in [-0.05, 0) is 64.8 Å². The molecule has 0 unspecified atom stereocenters. The van der Waals surface area contributed by atoms with E-state index in [1.165, 1.54) is 19.1 Å². The van der Waals surface area contributed by atoms with Gasteiger partial charge >= 0.3 is 12.1 Å². The first-order chi connectivity index (χ1) is 11.4. The van der Waals surface area contributed by atoms with Crippen LogP contribution >= 0.6 is 0 Å². The SMILES string of the molecule is Cc1cc(F)ccc1[C@H](C)[C@@H](C)OC(=O)[C@@H](C)NC(=O)OC(C)(C)C. The number of halogens is 1. The molecule has 1 aromatic carbocycles. The minimum Gasteiger partial charge on any atom is -0.461 e. The normalized spacial score (nSPS) is 15.0. The summed E-state index contributed by atoms with van der Waals surface area (Å²) in [5, 5.41) is 2.45. The van der Waals surface area contributed by atoms with Crippen molar-refractivity contribution in [3.8, 4) is 0 Å². The van der Waals surface area contributed by atoms with E-state index in [0.717, 1.165) is 11.1 Å². The van der Waals surface area contributed by atoms with Crippen molar-refractivity contribution in [2.75, 3.05) is 0 Å². The molecule has 1 rings (SSSR count). The van der Waals surface area contributed by atoms with Gasteiger partial charge in [-0.1, -0.05) is 13.0 Å². The van der Waals surface area contributed by atoms with Crippen LogP contribution in [0.15, 0.2) is 18.2 Å². The number of hydrogen-bond donors (Lipinski definition) is 1. The van der Waals surface area contributed by atoms with Gasteiger partial charge in [0.15, 0.2) is 0 Å². The van der Waals surface area contributed by atoms with Gasteiger partial charge in [0.05, 0.1) is 0 Å². The summed E-state index contributed by atoms with van der Waals surface area (Å²) in [5.74, 6) is -0.962. The molecule has 0 bridgehead atoms. The van der Waals surface area contributed by atoms with Crippen molar-refractivity contribution in [2.24, 2.45) is 0 Å². The van der Waals surface area contributed by atoms with E-state index in [4.69, 9.17) is 9.47 Å². The highest BCUT2D eigenvalue weighted by molar-refractivity contribution is 5.81. The Kier molecular flexibility index (Phi) is 6.96. The van der Waals surface area contributed by atoms with Gasteiger partial charge in [0.2, 0.25) is 0 Å². The maximum Gasteiger partial charge on any atom is 0.408 e. The number of aryl methyl sites for hydroxylation is 1. The minimum absolute atomic E-state index is 0.113. The van der Waals surface area contributed by atoms with Gasteiger partial charge in [0, 0.05) is 5.92 Å². The molecule has 5 nitrogen and oxygen atoms in total. The lowest BCUT2D eigenvalue weighted by atomic mass is 9.92. The Morgan fingerprint density at radius 3 is 2.28 bits per heavy atom. The molecule has 0 radical (unpaired) electrons. The van der Waals surface area contributed by atoms with Crippen LogP contribution in [0.1, 0.15) is 58.6 Å². The first-order valence-electron chi connectivity index (χ1n) is 8.36. The number of carbonyl (C=O) groups excluding carboxylic acids is 2. The summed E-state index contributed by atoms with van der Waals surface area (Å²) in [5.41, 5.74) is 1.07. The molecule has 0 aliphatic heterocycles. The first kappa shape index (κ1) is 20.9. The summed E-state index contributed by atoms with van der Waals surface area (Å²) in [4.78, 5) is 23.9. The monoisotopic (exact) mass is 353 g/mol. The van der Waals surface area contributed by atoms with Crippen LogP contribution in [0.4, 0.5) is 9.18 Å². The predicted octanol–water partition coefficient (Wildman–Crippen LogP) is 4.08. The molecule has 0 aliphatic rings. The number of ether oxygens (including phenoxy) is 2. The number of nitrogens with one attached hydrogen (secondary N) is 1. The maximum atomic E-state index is 13.2. The average Bonchev–Trinajstić information content (AvgIpc) is 2.44. The second kappa shape index (κ2) is 8.32. The minimum atomic E-state index is -0.834. The van der Waals surface area contributed by atoms with Gasteiger partial charge in [-0.2, -0.15) is 0 Å². The molecule has 25 heavy (non-hydrogen) atoms. The molecule has 1 N–H and O–H groups in total. The van der Waals surface area contributed by atoms with Crippen LogP contribution in [-0.2, 0) is 14.3 Å². The van der Waals surface area contributed by atoms with Crippen LogP contribution in [0.3, 0.4) is 0 Å². The van der Waals surface area contributed by atoms with E-state index in [1.54, 1.807) is 33.8 Å². The zero-order chi connectivity index (χ0) is 19.4. The molecule has 0 aliphatic carbocycles. The van der Waals surface area contributed by atoms with E-state index in [-0.39, 0.29) is 11.7 Å². The Morgan fingerprint density at radius 1 is 1.16 bits per heavy atom. The lowest BCUT2D eigenvalue weighted by Crippen LogP contribution is -2.43. The van der Waals surface area contributed by atoms with Gasteiger partial charge in [0.25, 0.3) is 0 Å². The van der Waals surface area contributed by atoms with E-state index in [9.17, 15) is 14.0 Å². The zero-order valence-electron chi connectivity index (χ0n) is 16.0. The summed E-state index contributed by atoms with van der Waals surface area (Å²) >= 11 is 0. The van der Waals surface area contributed by atoms with E-state index in [0.29, 0.717) is 0 Å². The Labute approximate surface area is 148 Å². The molecule has 1 amide bonds. The van der Waals surface area contributed by atoms with Gasteiger partial charge in [-0.25, -0.2) is 14.0 Å². The fourth-order valence-electron chi connectivity index (χ4n) is 2.33. The first-order valence-corrected chi connectivity index (χ1v) is 8.36. The lowest BCUT2D eigenvalue weighted by molar-refractivity contribution is -0.151. The van der Waals surface area contributed by atoms with E-state index >= 15 is 0 Å². The average molecular weight is 353 g/mol. The molecule has 0 saturated heterocycles. The van der Waals surface area contributed by atoms with Crippen LogP contribution in [0.5, 0.6) is 0 Å². The van der Waals surface area contributed by atoms with Crippen LogP contribution in [-0.4, -0.2) is 29.8 Å². The second-order valence-corrected chi connectivity index (χ2v) is 7.30. The molecule has 0 saturated carbocycles. The summed E-state index contributed by atoms with van der Waals surface area (Å²) in [6.45, 7) is 12.2. The number of hydrogen-bond acceptors (Lipinski definition) is 4. The molecule has 0 aromatic heterocycles. The standard InChI is InChI=1S/C19H28FNO4/c1-11-10-15(20)8-9-16(11)12(2)14(4)24-17(22)13(3)21-18(23)25-19(5,6)7/h8-10,12-14H,1-7H3,(H,21,23)/t12-,13-,14-/m1/s1. The highest BCUT2D eigenvalue weighted by Gasteiger charge is 2.25. The molecule has 0 fully saturated rings. The van der Waals surface area contributed by atoms with Gasteiger partial charge in [0.1, 0.15) is 23.6 Å². The van der Waals surface area contributed by atoms with E-state index < -0.39 is 29.8 Å². The molecular formula is C19H28FNO4. The summed E-state index contributed by atoms with van der Waals surface area (Å²) in [6, 6.07) is 3.70. The van der Waals surface area contributed by atoms with Crippen molar-refractivity contribution in [2.45, 2.75) is 72.1 Å². The number of amides is 1. The number of esters is 1. The van der Waals surface area contributed by atoms with Gasteiger partial charge < -0.3 is 14.8 Å². The third kappa shape index (κ3) is 6.72. The van der Waals surface area contributed by atoms with Crippen molar-refractivity contribution in [1.82, 2.24) is 5.32 Å². The fourth-order valence-corrected chi connectivity index (χ4v) is 2.33. The molecule has 6 heteroatoms. The molecule has 140 valence electrons. The molecule has 1 aromatic rings. The number of alkyl carbamates (subject to hydrolysis) is 1. The Balaban J connectivity index is 2.64. The largest absolute Gasteiger partial charge is 0.461 e. The summed E-state index contributed by atoms with van der Waals surface area (Å²) in [7, 11) is 0. The van der Waals surface area contributed by atoms with Crippen LogP contribution < -0.4 is 5.32 Å². The highest BCUT2D eigenvalue weighted by atomic mass is 19.1. The van der Waals surface area contributed by atoms with E-state index in [1.807, 2.05) is 13.8 Å². The fraction of sp³-hybridized carbons (Fsp3) is 0.579. The van der Waals surface area contributed by atoms with Crippen molar-refractivity contribution < 1.29 is 23.5 Å². The quantitative estimate of drug-likeness (QED) is 0.810. The number of benzene rings is 1. The van der Waals surface area contributed by atoms with Crippen molar-refractivity contribution in [3.05, 3.63) is 35.1 Å².